The Labute approximate surface area is 251 Å². The lowest BCUT2D eigenvalue weighted by Gasteiger charge is -2.07. The smallest absolute Gasteiger partial charge is 0.494 e. The van der Waals surface area contributed by atoms with Gasteiger partial charge in [-0.3, -0.25) is 4.79 Å². The lowest BCUT2D eigenvalue weighted by atomic mass is 10.1. The van der Waals surface area contributed by atoms with Crippen molar-refractivity contribution in [2.75, 3.05) is 33.0 Å². The van der Waals surface area contributed by atoms with Gasteiger partial charge in [0.05, 0.1) is 38.6 Å². The summed E-state index contributed by atoms with van der Waals surface area (Å²) >= 11 is 0. The first-order chi connectivity index (χ1) is 20.8. The van der Waals surface area contributed by atoms with Crippen LogP contribution in [0.2, 0.25) is 0 Å². The molecule has 0 aliphatic carbocycles. The highest BCUT2D eigenvalue weighted by Crippen LogP contribution is 2.16. The van der Waals surface area contributed by atoms with E-state index < -0.39 is 24.7 Å². The average molecular weight is 595 g/mol. The SMILES string of the molecule is C=CC(=O)OCCCCCCOc1ccc(C(=O)/C=C/c2ccc(OC(=O)OCCCCOC(=O)C(=C)CO)cc2)cc1. The molecular weight excluding hydrogens is 556 g/mol. The Bertz CT molecular complexity index is 1230. The Balaban J connectivity index is 1.63. The number of benzene rings is 2. The molecule has 0 saturated carbocycles. The van der Waals surface area contributed by atoms with Crippen LogP contribution in [0.3, 0.4) is 0 Å². The summed E-state index contributed by atoms with van der Waals surface area (Å²) in [7, 11) is 0. The highest BCUT2D eigenvalue weighted by atomic mass is 16.7. The molecule has 0 heterocycles. The van der Waals surface area contributed by atoms with Gasteiger partial charge in [0.2, 0.25) is 0 Å². The Morgan fingerprint density at radius 1 is 0.721 bits per heavy atom. The van der Waals surface area contributed by atoms with Gasteiger partial charge in [0.25, 0.3) is 0 Å². The van der Waals surface area contributed by atoms with Gasteiger partial charge >= 0.3 is 18.1 Å². The Kier molecular flexibility index (Phi) is 16.2. The van der Waals surface area contributed by atoms with Gasteiger partial charge in [-0.05, 0) is 86.6 Å². The molecule has 230 valence electrons. The summed E-state index contributed by atoms with van der Waals surface area (Å²) in [5.41, 5.74) is 1.24. The standard InChI is InChI=1S/C33H38O10/c1-3-31(36)40-21-7-5-4-6-20-39-28-17-13-27(14-18-28)30(35)19-12-26-10-15-29(16-11-26)43-33(38)42-23-9-8-22-41-32(37)25(2)24-34/h3,10-19,34H,1-2,4-9,20-24H2/b19-12+. The van der Waals surface area contributed by atoms with Crippen molar-refractivity contribution in [1.82, 2.24) is 0 Å². The maximum Gasteiger partial charge on any atom is 0.513 e. The minimum atomic E-state index is -0.861. The molecule has 0 fully saturated rings. The summed E-state index contributed by atoms with van der Waals surface area (Å²) in [6.07, 6.45) is 7.90. The molecule has 0 amide bonds. The second-order valence-electron chi connectivity index (χ2n) is 9.23. The zero-order valence-corrected chi connectivity index (χ0v) is 24.2. The molecule has 10 heteroatoms. The third-order valence-electron chi connectivity index (χ3n) is 5.84. The van der Waals surface area contributed by atoms with Crippen molar-refractivity contribution in [3.63, 3.8) is 0 Å². The van der Waals surface area contributed by atoms with Gasteiger partial charge in [-0.25, -0.2) is 14.4 Å². The molecule has 0 aromatic heterocycles. The number of esters is 2. The molecule has 2 aromatic carbocycles. The minimum Gasteiger partial charge on any atom is -0.494 e. The number of ether oxygens (including phenoxy) is 5. The summed E-state index contributed by atoms with van der Waals surface area (Å²) in [4.78, 5) is 46.7. The monoisotopic (exact) mass is 594 g/mol. The highest BCUT2D eigenvalue weighted by molar-refractivity contribution is 6.06. The van der Waals surface area contributed by atoms with Crippen LogP contribution in [0, 0.1) is 0 Å². The summed E-state index contributed by atoms with van der Waals surface area (Å²) in [6.45, 7) is 7.42. The minimum absolute atomic E-state index is 0.0209. The third-order valence-corrected chi connectivity index (χ3v) is 5.84. The summed E-state index contributed by atoms with van der Waals surface area (Å²) < 4.78 is 25.7. The molecule has 2 rings (SSSR count). The number of carbonyl (C=O) groups excluding carboxylic acids is 4. The van der Waals surface area contributed by atoms with Crippen molar-refractivity contribution >= 4 is 30.0 Å². The molecule has 1 N–H and O–H groups in total. The van der Waals surface area contributed by atoms with Gasteiger partial charge < -0.3 is 28.8 Å². The number of ketones is 1. The molecule has 0 unspecified atom stereocenters. The predicted octanol–water partition coefficient (Wildman–Crippen LogP) is 5.64. The zero-order valence-electron chi connectivity index (χ0n) is 24.2. The van der Waals surface area contributed by atoms with Gasteiger partial charge in [-0.15, -0.1) is 0 Å². The number of aliphatic hydroxyl groups excluding tert-OH is 1. The van der Waals surface area contributed by atoms with Crippen molar-refractivity contribution in [2.45, 2.75) is 38.5 Å². The van der Waals surface area contributed by atoms with E-state index in [-0.39, 0.29) is 30.3 Å². The van der Waals surface area contributed by atoms with Crippen LogP contribution >= 0.6 is 0 Å². The van der Waals surface area contributed by atoms with Crippen LogP contribution in [0.4, 0.5) is 4.79 Å². The number of carbonyl (C=O) groups is 4. The number of allylic oxidation sites excluding steroid dienone is 1. The zero-order chi connectivity index (χ0) is 31.3. The van der Waals surface area contributed by atoms with Crippen molar-refractivity contribution in [2.24, 2.45) is 0 Å². The van der Waals surface area contributed by atoms with E-state index in [4.69, 9.17) is 28.8 Å². The lowest BCUT2D eigenvalue weighted by molar-refractivity contribution is -0.140. The van der Waals surface area contributed by atoms with Gasteiger partial charge in [0.1, 0.15) is 11.5 Å². The number of hydrogen-bond acceptors (Lipinski definition) is 10. The summed E-state index contributed by atoms with van der Waals surface area (Å²) in [5.74, 6) is -0.261. The molecule has 0 aliphatic heterocycles. The number of unbranched alkanes of at least 4 members (excludes halogenated alkanes) is 4. The van der Waals surface area contributed by atoms with Crippen molar-refractivity contribution in [3.8, 4) is 11.5 Å². The fourth-order valence-corrected chi connectivity index (χ4v) is 3.43. The Morgan fingerprint density at radius 2 is 1.30 bits per heavy atom. The van der Waals surface area contributed by atoms with E-state index in [9.17, 15) is 19.2 Å². The third kappa shape index (κ3) is 14.7. The van der Waals surface area contributed by atoms with E-state index in [0.29, 0.717) is 37.4 Å². The van der Waals surface area contributed by atoms with Crippen LogP contribution in [-0.2, 0) is 23.8 Å². The molecule has 0 saturated heterocycles. The number of hydrogen-bond donors (Lipinski definition) is 1. The topological polar surface area (TPSA) is 135 Å². The first-order valence-corrected chi connectivity index (χ1v) is 14.0. The molecule has 0 aliphatic rings. The highest BCUT2D eigenvalue weighted by Gasteiger charge is 2.08. The quantitative estimate of drug-likeness (QED) is 0.0513. The fourth-order valence-electron chi connectivity index (χ4n) is 3.43. The molecule has 0 radical (unpaired) electrons. The van der Waals surface area contributed by atoms with Crippen LogP contribution in [0.15, 0.2) is 79.4 Å². The molecule has 0 spiro atoms. The van der Waals surface area contributed by atoms with Crippen LogP contribution in [-0.4, -0.2) is 62.0 Å². The van der Waals surface area contributed by atoms with E-state index in [1.165, 1.54) is 6.08 Å². The number of rotatable bonds is 20. The van der Waals surface area contributed by atoms with E-state index in [0.717, 1.165) is 37.3 Å². The molecule has 0 atom stereocenters. The first-order valence-electron chi connectivity index (χ1n) is 14.0. The average Bonchev–Trinajstić information content (AvgIpc) is 3.02. The molecule has 43 heavy (non-hydrogen) atoms. The van der Waals surface area contributed by atoms with Crippen molar-refractivity contribution in [3.05, 3.63) is 90.5 Å². The van der Waals surface area contributed by atoms with Crippen LogP contribution < -0.4 is 9.47 Å². The Morgan fingerprint density at radius 3 is 1.95 bits per heavy atom. The summed E-state index contributed by atoms with van der Waals surface area (Å²) in [5, 5.41) is 8.80. The van der Waals surface area contributed by atoms with Crippen LogP contribution in [0.25, 0.3) is 6.08 Å². The fraction of sp³-hybridized carbons (Fsp3) is 0.333. The molecule has 2 aromatic rings. The van der Waals surface area contributed by atoms with Gasteiger partial charge in [0.15, 0.2) is 5.78 Å². The van der Waals surface area contributed by atoms with Crippen LogP contribution in [0.1, 0.15) is 54.4 Å². The van der Waals surface area contributed by atoms with E-state index >= 15 is 0 Å². The van der Waals surface area contributed by atoms with E-state index in [1.807, 2.05) is 0 Å². The second kappa shape index (κ2) is 20.2. The van der Waals surface area contributed by atoms with E-state index in [1.54, 1.807) is 54.6 Å². The predicted molar refractivity (Wildman–Crippen MR) is 160 cm³/mol. The normalized spacial score (nSPS) is 10.5. The largest absolute Gasteiger partial charge is 0.513 e. The molecular formula is C33H38O10. The van der Waals surface area contributed by atoms with Gasteiger partial charge in [-0.2, -0.15) is 0 Å². The van der Waals surface area contributed by atoms with Gasteiger partial charge in [-0.1, -0.05) is 31.4 Å². The second-order valence-corrected chi connectivity index (χ2v) is 9.23. The van der Waals surface area contributed by atoms with Gasteiger partial charge in [0, 0.05) is 11.6 Å². The maximum absolute atomic E-state index is 12.5. The summed E-state index contributed by atoms with van der Waals surface area (Å²) in [6, 6.07) is 13.5. The number of aliphatic hydroxyl groups is 1. The lowest BCUT2D eigenvalue weighted by Crippen LogP contribution is -2.13. The molecule has 10 nitrogen and oxygen atoms in total. The molecule has 0 bridgehead atoms. The van der Waals surface area contributed by atoms with E-state index in [2.05, 4.69) is 13.2 Å². The van der Waals surface area contributed by atoms with Crippen molar-refractivity contribution in [1.29, 1.82) is 0 Å². The van der Waals surface area contributed by atoms with Crippen molar-refractivity contribution < 1.29 is 48.0 Å². The Hall–Kier alpha value is -4.70. The maximum atomic E-state index is 12.5. The first kappa shape index (κ1) is 34.5. The van der Waals surface area contributed by atoms with Crippen LogP contribution in [0.5, 0.6) is 11.5 Å².